The predicted octanol–water partition coefficient (Wildman–Crippen LogP) is 2.57. The molecule has 0 unspecified atom stereocenters. The Morgan fingerprint density at radius 1 is 1.16 bits per heavy atom. The molecule has 4 heterocycles. The monoisotopic (exact) mass is 459 g/mol. The minimum absolute atomic E-state index is 0.0376. The summed E-state index contributed by atoms with van der Waals surface area (Å²) >= 11 is 1.69. The van der Waals surface area contributed by atoms with Crippen LogP contribution in [0.3, 0.4) is 0 Å². The van der Waals surface area contributed by atoms with E-state index in [4.69, 9.17) is 4.74 Å². The molecule has 1 aliphatic rings. The van der Waals surface area contributed by atoms with Crippen LogP contribution in [0.5, 0.6) is 0 Å². The number of hydrogen-bond acceptors (Lipinski definition) is 6. The van der Waals surface area contributed by atoms with Gasteiger partial charge in [0.05, 0.1) is 16.8 Å². The third-order valence-electron chi connectivity index (χ3n) is 5.83. The Kier molecular flexibility index (Phi) is 6.50. The highest BCUT2D eigenvalue weighted by atomic mass is 32.1. The van der Waals surface area contributed by atoms with E-state index < -0.39 is 0 Å². The van der Waals surface area contributed by atoms with Crippen LogP contribution in [0.4, 0.5) is 4.79 Å². The number of aromatic nitrogens is 3. The molecule has 172 valence electrons. The first-order chi connectivity index (χ1) is 15.4. The number of nitrogens with one attached hydrogen (secondary N) is 1. The number of ether oxygens (including phenoxy) is 1. The lowest BCUT2D eigenvalue weighted by atomic mass is 10.1. The van der Waals surface area contributed by atoms with Crippen LogP contribution < -0.4 is 10.9 Å². The molecular formula is C22H29N5O4S. The van der Waals surface area contributed by atoms with Crippen molar-refractivity contribution in [2.24, 2.45) is 0 Å². The summed E-state index contributed by atoms with van der Waals surface area (Å²) in [5.41, 5.74) is 1.29. The third-order valence-corrected chi connectivity index (χ3v) is 7.05. The molecule has 3 aromatic rings. The summed E-state index contributed by atoms with van der Waals surface area (Å²) in [5.74, 6) is 0.507. The van der Waals surface area contributed by atoms with Crippen LogP contribution in [-0.2, 0) is 28.9 Å². The normalized spacial score (nSPS) is 14.9. The number of thiophene rings is 1. The fourth-order valence-electron chi connectivity index (χ4n) is 4.18. The standard InChI is InChI=1S/C22H29N5O4S/c1-4-15-11-16-18(32-15)12-17-21(29)26(24-19(5-2)27(16)17)13-20(28)23-14-7-9-25(10-8-14)22(30)31-6-3/h11-12,14H,4-10,13H2,1-3H3,(H,23,28). The molecule has 9 nitrogen and oxygen atoms in total. The van der Waals surface area contributed by atoms with Crippen LogP contribution in [0.25, 0.3) is 15.7 Å². The van der Waals surface area contributed by atoms with Crippen LogP contribution in [0.2, 0.25) is 0 Å². The van der Waals surface area contributed by atoms with E-state index in [1.807, 2.05) is 17.4 Å². The summed E-state index contributed by atoms with van der Waals surface area (Å²) in [6.45, 7) is 7.18. The Balaban J connectivity index is 1.48. The fourth-order valence-corrected chi connectivity index (χ4v) is 5.20. The maximum atomic E-state index is 13.1. The van der Waals surface area contributed by atoms with Crippen molar-refractivity contribution in [1.82, 2.24) is 24.4 Å². The van der Waals surface area contributed by atoms with Gasteiger partial charge in [0, 0.05) is 30.4 Å². The van der Waals surface area contributed by atoms with Crippen molar-refractivity contribution in [1.29, 1.82) is 0 Å². The van der Waals surface area contributed by atoms with E-state index in [1.165, 1.54) is 9.56 Å². The maximum Gasteiger partial charge on any atom is 0.409 e. The summed E-state index contributed by atoms with van der Waals surface area (Å²) in [6.07, 6.45) is 2.59. The Hall–Kier alpha value is -2.88. The molecular weight excluding hydrogens is 430 g/mol. The number of piperidine rings is 1. The van der Waals surface area contributed by atoms with E-state index in [9.17, 15) is 14.4 Å². The molecule has 1 aliphatic heterocycles. The first-order valence-corrected chi connectivity index (χ1v) is 12.0. The molecule has 1 saturated heterocycles. The number of carbonyl (C=O) groups excluding carboxylic acids is 2. The summed E-state index contributed by atoms with van der Waals surface area (Å²) in [5, 5.41) is 7.49. The summed E-state index contributed by atoms with van der Waals surface area (Å²) < 4.78 is 9.28. The lowest BCUT2D eigenvalue weighted by molar-refractivity contribution is -0.122. The summed E-state index contributed by atoms with van der Waals surface area (Å²) in [6, 6.07) is 3.99. The fraction of sp³-hybridized carbons (Fsp3) is 0.545. The van der Waals surface area contributed by atoms with Crippen LogP contribution in [-0.4, -0.2) is 56.8 Å². The Morgan fingerprint density at radius 2 is 1.91 bits per heavy atom. The van der Waals surface area contributed by atoms with E-state index in [1.54, 1.807) is 23.2 Å². The van der Waals surface area contributed by atoms with Gasteiger partial charge in [0.25, 0.3) is 5.56 Å². The Bertz CT molecular complexity index is 1200. The number of likely N-dealkylation sites (tertiary alicyclic amines) is 1. The van der Waals surface area contributed by atoms with E-state index in [-0.39, 0.29) is 30.1 Å². The van der Waals surface area contributed by atoms with Crippen molar-refractivity contribution in [3.8, 4) is 0 Å². The minimum atomic E-state index is -0.313. The molecule has 10 heteroatoms. The van der Waals surface area contributed by atoms with E-state index in [0.29, 0.717) is 44.5 Å². The number of fused-ring (bicyclic) bond motifs is 3. The van der Waals surface area contributed by atoms with Gasteiger partial charge in [0.1, 0.15) is 17.9 Å². The average molecular weight is 460 g/mol. The highest BCUT2D eigenvalue weighted by Crippen LogP contribution is 2.29. The van der Waals surface area contributed by atoms with Crippen LogP contribution in [0, 0.1) is 0 Å². The second-order valence-corrected chi connectivity index (χ2v) is 9.11. The molecule has 0 atom stereocenters. The Labute approximate surface area is 190 Å². The molecule has 0 radical (unpaired) electrons. The molecule has 0 spiro atoms. The number of hydrogen-bond donors (Lipinski definition) is 1. The zero-order chi connectivity index (χ0) is 22.8. The number of aryl methyl sites for hydroxylation is 2. The van der Waals surface area contributed by atoms with Gasteiger partial charge in [-0.05, 0) is 38.3 Å². The third kappa shape index (κ3) is 4.23. The van der Waals surface area contributed by atoms with Crippen molar-refractivity contribution < 1.29 is 14.3 Å². The highest BCUT2D eigenvalue weighted by Gasteiger charge is 2.25. The molecule has 0 saturated carbocycles. The van der Waals surface area contributed by atoms with Crippen molar-refractivity contribution in [2.75, 3.05) is 19.7 Å². The smallest absolute Gasteiger partial charge is 0.409 e. The molecule has 0 aliphatic carbocycles. The minimum Gasteiger partial charge on any atom is -0.450 e. The number of amides is 2. The van der Waals surface area contributed by atoms with Crippen molar-refractivity contribution >= 4 is 39.1 Å². The van der Waals surface area contributed by atoms with Crippen molar-refractivity contribution in [2.45, 2.75) is 59.0 Å². The van der Waals surface area contributed by atoms with Gasteiger partial charge in [-0.25, -0.2) is 9.48 Å². The van der Waals surface area contributed by atoms with E-state index in [2.05, 4.69) is 23.4 Å². The number of rotatable bonds is 6. The zero-order valence-corrected chi connectivity index (χ0v) is 19.5. The van der Waals surface area contributed by atoms with Gasteiger partial charge in [-0.15, -0.1) is 11.3 Å². The van der Waals surface area contributed by atoms with Crippen molar-refractivity contribution in [3.63, 3.8) is 0 Å². The predicted molar refractivity (Wildman–Crippen MR) is 123 cm³/mol. The van der Waals surface area contributed by atoms with E-state index in [0.717, 1.165) is 22.5 Å². The van der Waals surface area contributed by atoms with Gasteiger partial charge in [-0.3, -0.25) is 14.0 Å². The lowest BCUT2D eigenvalue weighted by Gasteiger charge is -2.31. The van der Waals surface area contributed by atoms with Crippen LogP contribution in [0.15, 0.2) is 16.9 Å². The van der Waals surface area contributed by atoms with Gasteiger partial charge in [-0.2, -0.15) is 5.10 Å². The average Bonchev–Trinajstić information content (AvgIpc) is 3.34. The zero-order valence-electron chi connectivity index (χ0n) is 18.7. The van der Waals surface area contributed by atoms with Crippen molar-refractivity contribution in [3.05, 3.63) is 33.2 Å². The second-order valence-electron chi connectivity index (χ2n) is 7.94. The SMILES string of the molecule is CCOC(=O)N1CCC(NC(=O)Cn2nc(CC)n3c(cc4sc(CC)cc43)c2=O)CC1. The summed E-state index contributed by atoms with van der Waals surface area (Å²) in [7, 11) is 0. The second kappa shape index (κ2) is 9.32. The molecule has 32 heavy (non-hydrogen) atoms. The molecule has 0 aromatic carbocycles. The molecule has 0 bridgehead atoms. The van der Waals surface area contributed by atoms with Crippen LogP contribution >= 0.6 is 11.3 Å². The molecule has 4 rings (SSSR count). The molecule has 1 N–H and O–H groups in total. The first kappa shape index (κ1) is 22.3. The van der Waals surface area contributed by atoms with Gasteiger partial charge in [0.2, 0.25) is 5.91 Å². The summed E-state index contributed by atoms with van der Waals surface area (Å²) in [4.78, 5) is 40.5. The van der Waals surface area contributed by atoms with Gasteiger partial charge < -0.3 is 15.0 Å². The van der Waals surface area contributed by atoms with E-state index >= 15 is 0 Å². The van der Waals surface area contributed by atoms with Gasteiger partial charge in [0.15, 0.2) is 0 Å². The Morgan fingerprint density at radius 3 is 2.56 bits per heavy atom. The topological polar surface area (TPSA) is 97.9 Å². The first-order valence-electron chi connectivity index (χ1n) is 11.2. The van der Waals surface area contributed by atoms with Gasteiger partial charge in [-0.1, -0.05) is 13.8 Å². The molecule has 2 amide bonds. The molecule has 3 aromatic heterocycles. The highest BCUT2D eigenvalue weighted by molar-refractivity contribution is 7.19. The van der Waals surface area contributed by atoms with Crippen LogP contribution in [0.1, 0.15) is 44.3 Å². The maximum absolute atomic E-state index is 13.1. The quantitative estimate of drug-likeness (QED) is 0.611. The molecule has 1 fully saturated rings. The lowest BCUT2D eigenvalue weighted by Crippen LogP contribution is -2.48. The largest absolute Gasteiger partial charge is 0.450 e. The number of carbonyl (C=O) groups is 2. The number of nitrogens with zero attached hydrogens (tertiary/aromatic N) is 4. The van der Waals surface area contributed by atoms with Gasteiger partial charge >= 0.3 is 6.09 Å².